The molecule has 1 spiro atoms. The molecular formula is C43H43N3O4S. The number of aliphatic carboxylic acids is 1. The Morgan fingerprint density at radius 1 is 0.725 bits per heavy atom. The van der Waals surface area contributed by atoms with Crippen molar-refractivity contribution in [1.82, 2.24) is 16.0 Å². The highest BCUT2D eigenvalue weighted by molar-refractivity contribution is 8.02. The minimum Gasteiger partial charge on any atom is -0.480 e. The van der Waals surface area contributed by atoms with Gasteiger partial charge in [-0.05, 0) is 53.7 Å². The van der Waals surface area contributed by atoms with E-state index in [0.717, 1.165) is 27.8 Å². The van der Waals surface area contributed by atoms with Gasteiger partial charge in [0.25, 0.3) is 0 Å². The number of carbonyl (C=O) groups is 2. The van der Waals surface area contributed by atoms with Crippen LogP contribution in [0.4, 0.5) is 0 Å². The zero-order valence-electron chi connectivity index (χ0n) is 28.4. The normalized spacial score (nSPS) is 20.4. The van der Waals surface area contributed by atoms with Gasteiger partial charge in [-0.3, -0.25) is 20.2 Å². The molecule has 260 valence electrons. The number of carbonyl (C=O) groups excluding carboxylic acids is 1. The molecule has 51 heavy (non-hydrogen) atoms. The van der Waals surface area contributed by atoms with Crippen molar-refractivity contribution in [3.8, 4) is 0 Å². The largest absolute Gasteiger partial charge is 0.480 e. The van der Waals surface area contributed by atoms with Crippen LogP contribution in [0.5, 0.6) is 0 Å². The molecule has 2 aliphatic heterocycles. The molecule has 0 aliphatic carbocycles. The minimum absolute atomic E-state index is 0.141. The number of nitrogens with one attached hydrogen (secondary N) is 3. The maximum absolute atomic E-state index is 14.3. The summed E-state index contributed by atoms with van der Waals surface area (Å²) >= 11 is 1.60. The Bertz CT molecular complexity index is 1790. The fourth-order valence-electron chi connectivity index (χ4n) is 7.79. The van der Waals surface area contributed by atoms with Crippen LogP contribution in [0.2, 0.25) is 0 Å². The predicted octanol–water partition coefficient (Wildman–Crippen LogP) is 6.53. The van der Waals surface area contributed by atoms with Gasteiger partial charge in [-0.1, -0.05) is 152 Å². The van der Waals surface area contributed by atoms with Gasteiger partial charge in [-0.2, -0.15) is 0 Å². The quantitative estimate of drug-likeness (QED) is 0.0864. The summed E-state index contributed by atoms with van der Waals surface area (Å²) in [7, 11) is 0. The first-order chi connectivity index (χ1) is 24.9. The lowest BCUT2D eigenvalue weighted by Crippen LogP contribution is -2.66. The zero-order chi connectivity index (χ0) is 35.2. The average molecular weight is 698 g/mol. The van der Waals surface area contributed by atoms with E-state index in [9.17, 15) is 14.7 Å². The summed E-state index contributed by atoms with van der Waals surface area (Å²) in [4.78, 5) is 27.2. The van der Waals surface area contributed by atoms with Gasteiger partial charge in [0.2, 0.25) is 0 Å². The summed E-state index contributed by atoms with van der Waals surface area (Å²) in [5.74, 6) is -1.38. The predicted molar refractivity (Wildman–Crippen MR) is 202 cm³/mol. The average Bonchev–Trinajstić information content (AvgIpc) is 3.49. The summed E-state index contributed by atoms with van der Waals surface area (Å²) in [5.41, 5.74) is 3.52. The van der Waals surface area contributed by atoms with Crippen LogP contribution in [0, 0.1) is 0 Å². The van der Waals surface area contributed by atoms with Gasteiger partial charge in [0.1, 0.15) is 18.7 Å². The van der Waals surface area contributed by atoms with Crippen molar-refractivity contribution in [3.05, 3.63) is 179 Å². The van der Waals surface area contributed by atoms with Crippen LogP contribution in [-0.2, 0) is 32.9 Å². The maximum atomic E-state index is 14.3. The molecule has 3 unspecified atom stereocenters. The lowest BCUT2D eigenvalue weighted by molar-refractivity contribution is -0.149. The molecule has 0 bridgehead atoms. The van der Waals surface area contributed by atoms with Crippen LogP contribution in [0.15, 0.2) is 152 Å². The minimum atomic E-state index is -1.18. The van der Waals surface area contributed by atoms with Gasteiger partial charge in [0, 0.05) is 11.2 Å². The van der Waals surface area contributed by atoms with Crippen molar-refractivity contribution in [2.45, 2.75) is 53.1 Å². The van der Waals surface area contributed by atoms with Crippen LogP contribution in [0.25, 0.3) is 0 Å². The Morgan fingerprint density at radius 3 is 1.65 bits per heavy atom. The monoisotopic (exact) mass is 697 g/mol. The molecular weight excluding hydrogens is 655 g/mol. The van der Waals surface area contributed by atoms with E-state index in [2.05, 4.69) is 16.0 Å². The Balaban J connectivity index is 1.38. The van der Waals surface area contributed by atoms with Crippen LogP contribution < -0.4 is 16.0 Å². The van der Waals surface area contributed by atoms with E-state index in [1.54, 1.807) is 11.8 Å². The maximum Gasteiger partial charge on any atom is 0.324 e. The van der Waals surface area contributed by atoms with Gasteiger partial charge in [0.05, 0.1) is 10.4 Å². The molecule has 7 rings (SSSR count). The van der Waals surface area contributed by atoms with Crippen molar-refractivity contribution in [2.24, 2.45) is 0 Å². The molecule has 2 fully saturated rings. The standard InChI is InChI=1S/C43H43N3O4S/c47-39(48)37(46-43(34-20-10-3-11-21-34,35-22-12-4-13-23-35)36-24-14-5-15-25-36)42(30-32-16-6-1-7-17-32)45-38(41(51-42)26-28-44-29-27-41)40(49)50-31-33-18-8-2-9-19-33/h1-25,37-38,44-46H,26-31H2,(H,47,48). The summed E-state index contributed by atoms with van der Waals surface area (Å²) < 4.78 is 5.43. The first kappa shape index (κ1) is 34.7. The third-order valence-electron chi connectivity index (χ3n) is 10.2. The highest BCUT2D eigenvalue weighted by atomic mass is 32.2. The van der Waals surface area contributed by atoms with Gasteiger partial charge in [-0.25, -0.2) is 0 Å². The Morgan fingerprint density at radius 2 is 1.18 bits per heavy atom. The third-order valence-corrected chi connectivity index (χ3v) is 12.1. The molecule has 2 saturated heterocycles. The van der Waals surface area contributed by atoms with E-state index in [4.69, 9.17) is 4.74 Å². The summed E-state index contributed by atoms with van der Waals surface area (Å²) in [6, 6.07) is 47.8. The number of benzene rings is 5. The molecule has 0 amide bonds. The number of carboxylic acid groups (broad SMARTS) is 1. The fraction of sp³-hybridized carbons (Fsp3) is 0.256. The second kappa shape index (κ2) is 15.3. The van der Waals surface area contributed by atoms with E-state index < -0.39 is 33.2 Å². The lowest BCUT2D eigenvalue weighted by atomic mass is 9.76. The third kappa shape index (κ3) is 7.10. The van der Waals surface area contributed by atoms with Gasteiger partial charge < -0.3 is 15.2 Å². The summed E-state index contributed by atoms with van der Waals surface area (Å²) in [6.07, 6.45) is 1.72. The smallest absolute Gasteiger partial charge is 0.324 e. The van der Waals surface area contributed by atoms with Crippen molar-refractivity contribution >= 4 is 23.7 Å². The van der Waals surface area contributed by atoms with E-state index in [0.29, 0.717) is 32.4 Å². The molecule has 7 nitrogen and oxygen atoms in total. The number of hydrogen-bond donors (Lipinski definition) is 4. The van der Waals surface area contributed by atoms with Crippen molar-refractivity contribution < 1.29 is 19.4 Å². The molecule has 0 saturated carbocycles. The van der Waals surface area contributed by atoms with Crippen LogP contribution in [-0.4, -0.2) is 51.8 Å². The summed E-state index contributed by atoms with van der Waals surface area (Å²) in [6.45, 7) is 1.57. The Hall–Kier alpha value is -4.73. The van der Waals surface area contributed by atoms with Crippen molar-refractivity contribution in [1.29, 1.82) is 0 Å². The zero-order valence-corrected chi connectivity index (χ0v) is 29.2. The van der Waals surface area contributed by atoms with E-state index in [-0.39, 0.29) is 12.6 Å². The number of piperidine rings is 1. The van der Waals surface area contributed by atoms with E-state index in [1.807, 2.05) is 152 Å². The number of hydrogen-bond acceptors (Lipinski definition) is 7. The number of carboxylic acids is 1. The van der Waals surface area contributed by atoms with Gasteiger partial charge >= 0.3 is 11.9 Å². The van der Waals surface area contributed by atoms with Gasteiger partial charge in [-0.15, -0.1) is 11.8 Å². The first-order valence-corrected chi connectivity index (χ1v) is 18.4. The summed E-state index contributed by atoms with van der Waals surface area (Å²) in [5, 5.41) is 22.5. The van der Waals surface area contributed by atoms with Crippen molar-refractivity contribution in [3.63, 3.8) is 0 Å². The Labute approximate surface area is 303 Å². The molecule has 5 aromatic carbocycles. The molecule has 0 radical (unpaired) electrons. The van der Waals surface area contributed by atoms with Crippen LogP contribution >= 0.6 is 11.8 Å². The molecule has 2 aliphatic rings. The molecule has 4 N–H and O–H groups in total. The van der Waals surface area contributed by atoms with Crippen LogP contribution in [0.1, 0.15) is 40.7 Å². The highest BCUT2D eigenvalue weighted by Gasteiger charge is 2.63. The van der Waals surface area contributed by atoms with Crippen LogP contribution in [0.3, 0.4) is 0 Å². The topological polar surface area (TPSA) is 99.7 Å². The van der Waals surface area contributed by atoms with Crippen molar-refractivity contribution in [2.75, 3.05) is 13.1 Å². The van der Waals surface area contributed by atoms with Gasteiger partial charge in [0.15, 0.2) is 0 Å². The second-order valence-corrected chi connectivity index (χ2v) is 15.1. The number of ether oxygens (including phenoxy) is 1. The highest BCUT2D eigenvalue weighted by Crippen LogP contribution is 2.54. The lowest BCUT2D eigenvalue weighted by Gasteiger charge is -2.45. The number of thioether (sulfide) groups is 1. The SMILES string of the molecule is O=C(OCc1ccccc1)C1NC(Cc2ccccc2)(C(NC(c2ccccc2)(c2ccccc2)c2ccccc2)C(=O)O)SC12CCNCC2. The molecule has 0 aromatic heterocycles. The molecule has 5 aromatic rings. The van der Waals surface area contributed by atoms with E-state index >= 15 is 0 Å². The fourth-order valence-corrected chi connectivity index (χ4v) is 9.89. The first-order valence-electron chi connectivity index (χ1n) is 17.5. The molecule has 8 heteroatoms. The molecule has 2 heterocycles. The second-order valence-electron chi connectivity index (χ2n) is 13.4. The van der Waals surface area contributed by atoms with E-state index in [1.165, 1.54) is 0 Å². The molecule has 3 atom stereocenters. The number of esters is 1. The number of rotatable bonds is 12. The Kier molecular flexibility index (Phi) is 10.4.